The number of hydrogen-bond acceptors (Lipinski definition) is 9. The molecule has 0 radical (unpaired) electrons. The van der Waals surface area contributed by atoms with E-state index in [0.717, 1.165) is 0 Å². The van der Waals surface area contributed by atoms with Crippen LogP contribution in [0.15, 0.2) is 0 Å². The van der Waals surface area contributed by atoms with Gasteiger partial charge in [0.2, 0.25) is 23.6 Å². The second-order valence-electron chi connectivity index (χ2n) is 6.70. The highest BCUT2D eigenvalue weighted by Crippen LogP contribution is 2.04. The number of primary amides is 1. The van der Waals surface area contributed by atoms with Crippen LogP contribution in [0.5, 0.6) is 0 Å². The molecular formula is C17H29N5O8S2. The standard InChI is InChI=1S/C17H29N5O8S2/c1-32-5-4-8(18)14(26)20-9(2-3-12(19)23)15(27)22-11(7-31)16(28)21-10(17(29)30)6-13(24)25/h8-11,31H,2-7,18H2,1H3,(H2,19,23)(H,20,26)(H,21,28)(H,22,27)(H,24,25)(H,29,30). The molecule has 0 spiro atoms. The summed E-state index contributed by atoms with van der Waals surface area (Å²) in [5.74, 6) is -5.87. The molecular weight excluding hydrogens is 466 g/mol. The van der Waals surface area contributed by atoms with Gasteiger partial charge in [0.15, 0.2) is 0 Å². The van der Waals surface area contributed by atoms with E-state index in [1.54, 1.807) is 0 Å². The van der Waals surface area contributed by atoms with Crippen LogP contribution in [0.2, 0.25) is 0 Å². The van der Waals surface area contributed by atoms with Gasteiger partial charge < -0.3 is 37.6 Å². The fraction of sp³-hybridized carbons (Fsp3) is 0.647. The number of carbonyl (C=O) groups is 6. The van der Waals surface area contributed by atoms with Crippen molar-refractivity contribution in [3.8, 4) is 0 Å². The van der Waals surface area contributed by atoms with E-state index in [1.807, 2.05) is 11.6 Å². The quantitative estimate of drug-likeness (QED) is 0.103. The number of carboxylic acids is 2. The fourth-order valence-corrected chi connectivity index (χ4v) is 3.07. The Hall–Kier alpha value is -2.52. The number of thioether (sulfide) groups is 1. The Bertz CT molecular complexity index is 708. The van der Waals surface area contributed by atoms with Crippen molar-refractivity contribution in [3.05, 3.63) is 0 Å². The fourth-order valence-electron chi connectivity index (χ4n) is 2.32. The second kappa shape index (κ2) is 15.3. The molecule has 0 aromatic rings. The van der Waals surface area contributed by atoms with E-state index in [2.05, 4.69) is 23.3 Å². The predicted octanol–water partition coefficient (Wildman–Crippen LogP) is -2.72. The molecule has 0 saturated carbocycles. The number of carboxylic acid groups (broad SMARTS) is 2. The maximum absolute atomic E-state index is 12.7. The third-order valence-corrected chi connectivity index (χ3v) is 5.10. The highest BCUT2D eigenvalue weighted by Gasteiger charge is 2.30. The molecule has 0 fully saturated rings. The number of nitrogens with two attached hydrogens (primary N) is 2. The summed E-state index contributed by atoms with van der Waals surface area (Å²) in [5, 5.41) is 24.5. The molecule has 0 aromatic carbocycles. The summed E-state index contributed by atoms with van der Waals surface area (Å²) >= 11 is 5.42. The lowest BCUT2D eigenvalue weighted by atomic mass is 10.1. The average molecular weight is 496 g/mol. The van der Waals surface area contributed by atoms with Crippen LogP contribution in [-0.2, 0) is 28.8 Å². The summed E-state index contributed by atoms with van der Waals surface area (Å²) in [5.41, 5.74) is 10.9. The lowest BCUT2D eigenvalue weighted by Crippen LogP contribution is -2.58. The molecule has 32 heavy (non-hydrogen) atoms. The van der Waals surface area contributed by atoms with Crippen LogP contribution in [0.3, 0.4) is 0 Å². The SMILES string of the molecule is CSCCC(N)C(=O)NC(CCC(N)=O)C(=O)NC(CS)C(=O)NC(CC(=O)O)C(=O)O. The molecule has 0 bridgehead atoms. The van der Waals surface area contributed by atoms with Crippen LogP contribution in [0.1, 0.15) is 25.7 Å². The number of carbonyl (C=O) groups excluding carboxylic acids is 4. The molecule has 182 valence electrons. The number of hydrogen-bond donors (Lipinski definition) is 8. The van der Waals surface area contributed by atoms with Crippen LogP contribution < -0.4 is 27.4 Å². The van der Waals surface area contributed by atoms with Gasteiger partial charge in [0, 0.05) is 12.2 Å². The second-order valence-corrected chi connectivity index (χ2v) is 8.05. The van der Waals surface area contributed by atoms with E-state index in [0.29, 0.717) is 12.2 Å². The van der Waals surface area contributed by atoms with Crippen molar-refractivity contribution in [1.29, 1.82) is 0 Å². The normalized spacial score (nSPS) is 14.3. The highest BCUT2D eigenvalue weighted by molar-refractivity contribution is 7.98. The first kappa shape index (κ1) is 29.5. The Morgan fingerprint density at radius 2 is 1.44 bits per heavy atom. The van der Waals surface area contributed by atoms with E-state index in [4.69, 9.17) is 21.7 Å². The van der Waals surface area contributed by atoms with Crippen molar-refractivity contribution in [2.45, 2.75) is 49.9 Å². The minimum atomic E-state index is -1.72. The lowest BCUT2D eigenvalue weighted by molar-refractivity contribution is -0.147. The first-order valence-electron chi connectivity index (χ1n) is 9.42. The van der Waals surface area contributed by atoms with Gasteiger partial charge in [-0.3, -0.25) is 24.0 Å². The molecule has 13 nitrogen and oxygen atoms in total. The van der Waals surface area contributed by atoms with Crippen LogP contribution in [0, 0.1) is 0 Å². The van der Waals surface area contributed by atoms with Crippen molar-refractivity contribution in [2.24, 2.45) is 11.5 Å². The third-order valence-electron chi connectivity index (χ3n) is 4.09. The van der Waals surface area contributed by atoms with Gasteiger partial charge in [0.05, 0.1) is 12.5 Å². The number of rotatable bonds is 16. The zero-order valence-corrected chi connectivity index (χ0v) is 19.1. The molecule has 4 atom stereocenters. The minimum Gasteiger partial charge on any atom is -0.481 e. The highest BCUT2D eigenvalue weighted by atomic mass is 32.2. The largest absolute Gasteiger partial charge is 0.481 e. The number of aliphatic carboxylic acids is 2. The Balaban J connectivity index is 5.27. The van der Waals surface area contributed by atoms with E-state index in [-0.39, 0.29) is 18.6 Å². The lowest BCUT2D eigenvalue weighted by Gasteiger charge is -2.24. The summed E-state index contributed by atoms with van der Waals surface area (Å²) in [7, 11) is 0. The van der Waals surface area contributed by atoms with Gasteiger partial charge in [-0.1, -0.05) is 0 Å². The predicted molar refractivity (Wildman–Crippen MR) is 119 cm³/mol. The Labute approximate surface area is 194 Å². The molecule has 4 unspecified atom stereocenters. The number of thiol groups is 1. The molecule has 0 aliphatic heterocycles. The topological polar surface area (TPSA) is 231 Å². The molecule has 0 aliphatic carbocycles. The van der Waals surface area contributed by atoms with E-state index in [9.17, 15) is 28.8 Å². The molecule has 0 saturated heterocycles. The van der Waals surface area contributed by atoms with Gasteiger partial charge in [-0.05, 0) is 24.9 Å². The summed E-state index contributed by atoms with van der Waals surface area (Å²) in [6.45, 7) is 0. The van der Waals surface area contributed by atoms with E-state index < -0.39 is 66.2 Å². The van der Waals surface area contributed by atoms with Gasteiger partial charge in [0.25, 0.3) is 0 Å². The molecule has 0 aromatic heterocycles. The Morgan fingerprint density at radius 3 is 1.91 bits per heavy atom. The molecule has 9 N–H and O–H groups in total. The van der Waals surface area contributed by atoms with Crippen molar-refractivity contribution < 1.29 is 39.0 Å². The van der Waals surface area contributed by atoms with Crippen LogP contribution >= 0.6 is 24.4 Å². The van der Waals surface area contributed by atoms with Gasteiger partial charge >= 0.3 is 11.9 Å². The van der Waals surface area contributed by atoms with Crippen molar-refractivity contribution >= 4 is 60.0 Å². The molecule has 0 rings (SSSR count). The van der Waals surface area contributed by atoms with E-state index in [1.165, 1.54) is 11.8 Å². The monoisotopic (exact) mass is 495 g/mol. The Morgan fingerprint density at radius 1 is 0.906 bits per heavy atom. The van der Waals surface area contributed by atoms with Crippen molar-refractivity contribution in [1.82, 2.24) is 16.0 Å². The third kappa shape index (κ3) is 11.8. The summed E-state index contributed by atoms with van der Waals surface area (Å²) < 4.78 is 0. The average Bonchev–Trinajstić information content (AvgIpc) is 2.71. The summed E-state index contributed by atoms with van der Waals surface area (Å²) in [6.07, 6.45) is 0.899. The molecule has 15 heteroatoms. The van der Waals surface area contributed by atoms with Gasteiger partial charge in [-0.2, -0.15) is 24.4 Å². The maximum atomic E-state index is 12.7. The molecule has 0 aliphatic rings. The van der Waals surface area contributed by atoms with Crippen molar-refractivity contribution in [2.75, 3.05) is 17.8 Å². The smallest absolute Gasteiger partial charge is 0.326 e. The number of amides is 4. The molecule has 4 amide bonds. The zero-order chi connectivity index (χ0) is 24.8. The zero-order valence-electron chi connectivity index (χ0n) is 17.4. The summed E-state index contributed by atoms with van der Waals surface area (Å²) in [6, 6.07) is -5.22. The van der Waals surface area contributed by atoms with E-state index >= 15 is 0 Å². The minimum absolute atomic E-state index is 0.167. The molecule has 0 heterocycles. The maximum Gasteiger partial charge on any atom is 0.326 e. The van der Waals surface area contributed by atoms with Gasteiger partial charge in [-0.25, -0.2) is 4.79 Å². The van der Waals surface area contributed by atoms with Gasteiger partial charge in [-0.15, -0.1) is 0 Å². The van der Waals surface area contributed by atoms with Crippen LogP contribution in [0.25, 0.3) is 0 Å². The van der Waals surface area contributed by atoms with Crippen LogP contribution in [-0.4, -0.2) is 87.7 Å². The van der Waals surface area contributed by atoms with Crippen LogP contribution in [0.4, 0.5) is 0 Å². The Kier molecular flexibility index (Phi) is 14.1. The van der Waals surface area contributed by atoms with Crippen molar-refractivity contribution in [3.63, 3.8) is 0 Å². The first-order chi connectivity index (χ1) is 14.9. The number of nitrogens with one attached hydrogen (secondary N) is 3. The first-order valence-corrected chi connectivity index (χ1v) is 11.4. The van der Waals surface area contributed by atoms with Gasteiger partial charge in [0.1, 0.15) is 18.1 Å². The summed E-state index contributed by atoms with van der Waals surface area (Å²) in [4.78, 5) is 70.3.